The lowest BCUT2D eigenvalue weighted by molar-refractivity contribution is -0.125. The SMILES string of the molecule is CC(C)(N)C(=O)NC[C@H]1CCCS1. The largest absolute Gasteiger partial charge is 0.353 e. The molecule has 3 nitrogen and oxygen atoms in total. The summed E-state index contributed by atoms with van der Waals surface area (Å²) in [4.78, 5) is 11.4. The van der Waals surface area contributed by atoms with E-state index < -0.39 is 5.54 Å². The number of carbonyl (C=O) groups is 1. The van der Waals surface area contributed by atoms with E-state index in [2.05, 4.69) is 5.32 Å². The second-order valence-electron chi connectivity index (χ2n) is 4.07. The summed E-state index contributed by atoms with van der Waals surface area (Å²) in [5.41, 5.74) is 4.90. The van der Waals surface area contributed by atoms with Crippen LogP contribution < -0.4 is 11.1 Å². The van der Waals surface area contributed by atoms with Crippen LogP contribution in [0.1, 0.15) is 26.7 Å². The molecule has 0 aliphatic carbocycles. The maximum Gasteiger partial charge on any atom is 0.239 e. The zero-order valence-corrected chi connectivity index (χ0v) is 9.12. The van der Waals surface area contributed by atoms with Crippen LogP contribution in [-0.4, -0.2) is 29.0 Å². The fraction of sp³-hybridized carbons (Fsp3) is 0.889. The maximum absolute atomic E-state index is 11.4. The van der Waals surface area contributed by atoms with Crippen LogP contribution in [-0.2, 0) is 4.79 Å². The van der Waals surface area contributed by atoms with E-state index in [-0.39, 0.29) is 5.91 Å². The molecule has 1 aliphatic heterocycles. The molecule has 1 atom stereocenters. The smallest absolute Gasteiger partial charge is 0.239 e. The molecule has 0 aromatic heterocycles. The van der Waals surface area contributed by atoms with Gasteiger partial charge in [-0.2, -0.15) is 11.8 Å². The van der Waals surface area contributed by atoms with Crippen LogP contribution >= 0.6 is 11.8 Å². The van der Waals surface area contributed by atoms with Gasteiger partial charge in [-0.15, -0.1) is 0 Å². The molecule has 0 unspecified atom stereocenters. The topological polar surface area (TPSA) is 55.1 Å². The summed E-state index contributed by atoms with van der Waals surface area (Å²) in [5, 5.41) is 3.48. The van der Waals surface area contributed by atoms with Crippen molar-refractivity contribution in [3.8, 4) is 0 Å². The molecule has 0 aromatic rings. The minimum atomic E-state index is -0.747. The zero-order valence-electron chi connectivity index (χ0n) is 8.30. The predicted molar refractivity (Wildman–Crippen MR) is 56.8 cm³/mol. The van der Waals surface area contributed by atoms with Gasteiger partial charge in [-0.1, -0.05) is 0 Å². The molecule has 0 spiro atoms. The van der Waals surface area contributed by atoms with Gasteiger partial charge in [0.05, 0.1) is 5.54 Å². The van der Waals surface area contributed by atoms with Crippen molar-refractivity contribution in [3.63, 3.8) is 0 Å². The highest BCUT2D eigenvalue weighted by Crippen LogP contribution is 2.25. The predicted octanol–water partition coefficient (Wildman–Crippen LogP) is 0.735. The standard InChI is InChI=1S/C9H18N2OS/c1-9(2,10)8(12)11-6-7-4-3-5-13-7/h7H,3-6,10H2,1-2H3,(H,11,12)/t7-/m1/s1. The normalized spacial score (nSPS) is 23.2. The third-order valence-corrected chi connectivity index (χ3v) is 3.50. The van der Waals surface area contributed by atoms with Crippen LogP contribution in [0, 0.1) is 0 Å². The molecule has 1 rings (SSSR count). The van der Waals surface area contributed by atoms with Gasteiger partial charge in [0.15, 0.2) is 0 Å². The molecular formula is C9H18N2OS. The highest BCUT2D eigenvalue weighted by atomic mass is 32.2. The molecule has 76 valence electrons. The van der Waals surface area contributed by atoms with Gasteiger partial charge < -0.3 is 11.1 Å². The Hall–Kier alpha value is -0.220. The molecule has 0 bridgehead atoms. The van der Waals surface area contributed by atoms with Crippen molar-refractivity contribution >= 4 is 17.7 Å². The van der Waals surface area contributed by atoms with E-state index in [9.17, 15) is 4.79 Å². The fourth-order valence-electron chi connectivity index (χ4n) is 1.24. The van der Waals surface area contributed by atoms with Crippen molar-refractivity contribution in [1.29, 1.82) is 0 Å². The van der Waals surface area contributed by atoms with Gasteiger partial charge in [0, 0.05) is 11.8 Å². The Bertz CT molecular complexity index is 183. The highest BCUT2D eigenvalue weighted by Gasteiger charge is 2.23. The van der Waals surface area contributed by atoms with Crippen molar-refractivity contribution in [3.05, 3.63) is 0 Å². The van der Waals surface area contributed by atoms with Crippen LogP contribution in [0.4, 0.5) is 0 Å². The molecule has 3 N–H and O–H groups in total. The summed E-state index contributed by atoms with van der Waals surface area (Å²) in [7, 11) is 0. The van der Waals surface area contributed by atoms with Crippen molar-refractivity contribution in [2.24, 2.45) is 5.73 Å². The summed E-state index contributed by atoms with van der Waals surface area (Å²) in [6, 6.07) is 0. The van der Waals surface area contributed by atoms with Crippen molar-refractivity contribution in [1.82, 2.24) is 5.32 Å². The summed E-state index contributed by atoms with van der Waals surface area (Å²) >= 11 is 1.94. The minimum Gasteiger partial charge on any atom is -0.353 e. The molecular weight excluding hydrogens is 184 g/mol. The molecule has 1 heterocycles. The van der Waals surface area contributed by atoms with E-state index in [0.29, 0.717) is 5.25 Å². The number of hydrogen-bond acceptors (Lipinski definition) is 3. The first kappa shape index (κ1) is 10.9. The molecule has 0 aromatic carbocycles. The average molecular weight is 202 g/mol. The van der Waals surface area contributed by atoms with Gasteiger partial charge >= 0.3 is 0 Å². The first-order chi connectivity index (χ1) is 6.00. The molecule has 0 saturated carbocycles. The number of hydrogen-bond donors (Lipinski definition) is 2. The molecule has 1 fully saturated rings. The zero-order chi connectivity index (χ0) is 9.90. The van der Waals surface area contributed by atoms with Crippen molar-refractivity contribution < 1.29 is 4.79 Å². The fourth-order valence-corrected chi connectivity index (χ4v) is 2.44. The first-order valence-electron chi connectivity index (χ1n) is 4.69. The second kappa shape index (κ2) is 4.33. The van der Waals surface area contributed by atoms with E-state index in [1.165, 1.54) is 18.6 Å². The number of carbonyl (C=O) groups excluding carboxylic acids is 1. The number of rotatable bonds is 3. The third kappa shape index (κ3) is 3.56. The molecule has 13 heavy (non-hydrogen) atoms. The summed E-state index contributed by atoms with van der Waals surface area (Å²) < 4.78 is 0. The Kier molecular flexibility index (Phi) is 3.62. The maximum atomic E-state index is 11.4. The lowest BCUT2D eigenvalue weighted by Crippen LogP contribution is -2.50. The third-order valence-electron chi connectivity index (χ3n) is 2.10. The van der Waals surface area contributed by atoms with E-state index in [1.54, 1.807) is 13.8 Å². The van der Waals surface area contributed by atoms with E-state index in [4.69, 9.17) is 5.73 Å². The Balaban J connectivity index is 2.22. The summed E-state index contributed by atoms with van der Waals surface area (Å²) in [6.07, 6.45) is 2.49. The number of nitrogens with one attached hydrogen (secondary N) is 1. The van der Waals surface area contributed by atoms with E-state index in [0.717, 1.165) is 6.54 Å². The minimum absolute atomic E-state index is 0.0556. The van der Waals surface area contributed by atoms with Gasteiger partial charge in [0.1, 0.15) is 0 Å². The van der Waals surface area contributed by atoms with Gasteiger partial charge in [0.25, 0.3) is 0 Å². The quantitative estimate of drug-likeness (QED) is 0.709. The number of amides is 1. The Morgan fingerprint density at radius 2 is 2.38 bits per heavy atom. The van der Waals surface area contributed by atoms with Gasteiger partial charge in [-0.3, -0.25) is 4.79 Å². The van der Waals surface area contributed by atoms with Crippen LogP contribution in [0.5, 0.6) is 0 Å². The lowest BCUT2D eigenvalue weighted by Gasteiger charge is -2.19. The van der Waals surface area contributed by atoms with E-state index >= 15 is 0 Å². The molecule has 1 amide bonds. The van der Waals surface area contributed by atoms with E-state index in [1.807, 2.05) is 11.8 Å². The lowest BCUT2D eigenvalue weighted by atomic mass is 10.1. The summed E-state index contributed by atoms with van der Waals surface area (Å²) in [5.74, 6) is 1.17. The highest BCUT2D eigenvalue weighted by molar-refractivity contribution is 8.00. The van der Waals surface area contributed by atoms with Crippen LogP contribution in [0.15, 0.2) is 0 Å². The van der Waals surface area contributed by atoms with Gasteiger partial charge in [-0.05, 0) is 32.4 Å². The monoisotopic (exact) mass is 202 g/mol. The average Bonchev–Trinajstić information content (AvgIpc) is 2.50. The first-order valence-corrected chi connectivity index (χ1v) is 5.74. The molecule has 0 radical (unpaired) electrons. The Morgan fingerprint density at radius 1 is 1.69 bits per heavy atom. The van der Waals surface area contributed by atoms with Crippen molar-refractivity contribution in [2.45, 2.75) is 37.5 Å². The van der Waals surface area contributed by atoms with Crippen LogP contribution in [0.25, 0.3) is 0 Å². The number of thioether (sulfide) groups is 1. The van der Waals surface area contributed by atoms with Gasteiger partial charge in [0.2, 0.25) is 5.91 Å². The summed E-state index contributed by atoms with van der Waals surface area (Å²) in [6.45, 7) is 4.22. The van der Waals surface area contributed by atoms with Crippen LogP contribution in [0.2, 0.25) is 0 Å². The number of nitrogens with two attached hydrogens (primary N) is 1. The van der Waals surface area contributed by atoms with Crippen molar-refractivity contribution in [2.75, 3.05) is 12.3 Å². The second-order valence-corrected chi connectivity index (χ2v) is 5.47. The molecule has 1 saturated heterocycles. The van der Waals surface area contributed by atoms with Gasteiger partial charge in [-0.25, -0.2) is 0 Å². The molecule has 1 aliphatic rings. The van der Waals surface area contributed by atoms with Crippen LogP contribution in [0.3, 0.4) is 0 Å². The Labute approximate surface area is 83.8 Å². The Morgan fingerprint density at radius 3 is 2.85 bits per heavy atom. The molecule has 4 heteroatoms.